The van der Waals surface area contributed by atoms with Gasteiger partial charge in [0.05, 0.1) is 12.9 Å². The van der Waals surface area contributed by atoms with Gasteiger partial charge in [0.25, 0.3) is 0 Å². The molecule has 0 unspecified atom stereocenters. The number of hydrogen-bond acceptors (Lipinski definition) is 6. The smallest absolute Gasteiger partial charge is 0.318 e. The van der Waals surface area contributed by atoms with Crippen LogP contribution in [0.4, 0.5) is 4.79 Å². The van der Waals surface area contributed by atoms with Crippen molar-refractivity contribution in [2.45, 2.75) is 31.5 Å². The summed E-state index contributed by atoms with van der Waals surface area (Å²) in [4.78, 5) is 22.3. The fourth-order valence-corrected chi connectivity index (χ4v) is 2.94. The number of benzene rings is 1. The minimum atomic E-state index is -0.864. The van der Waals surface area contributed by atoms with Crippen LogP contribution in [0.15, 0.2) is 29.4 Å². The van der Waals surface area contributed by atoms with Gasteiger partial charge in [-0.05, 0) is 30.7 Å². The molecule has 0 saturated heterocycles. The van der Waals surface area contributed by atoms with Gasteiger partial charge >= 0.3 is 6.03 Å². The minimum Gasteiger partial charge on any atom is -0.497 e. The van der Waals surface area contributed by atoms with E-state index in [1.165, 1.54) is 11.8 Å². The van der Waals surface area contributed by atoms with Gasteiger partial charge in [-0.15, -0.1) is 10.2 Å². The van der Waals surface area contributed by atoms with Crippen molar-refractivity contribution in [3.05, 3.63) is 24.3 Å². The molecule has 0 saturated carbocycles. The zero-order chi connectivity index (χ0) is 18.2. The predicted octanol–water partition coefficient (Wildman–Crippen LogP) is 2.04. The molecule has 8 nitrogen and oxygen atoms in total. The summed E-state index contributed by atoms with van der Waals surface area (Å²) >= 11 is 1.22. The number of imide groups is 1. The van der Waals surface area contributed by atoms with Crippen LogP contribution in [-0.4, -0.2) is 39.6 Å². The summed E-state index contributed by atoms with van der Waals surface area (Å²) in [5.41, 5.74) is 5.85. The summed E-state index contributed by atoms with van der Waals surface area (Å²) in [6, 6.07) is 6.69. The molecule has 3 amide bonds. The fourth-order valence-electron chi connectivity index (χ4n) is 2.17. The first-order valence-electron chi connectivity index (χ1n) is 7.84. The Labute approximate surface area is 150 Å². The molecule has 2 rings (SSSR count). The van der Waals surface area contributed by atoms with E-state index in [0.29, 0.717) is 5.16 Å². The minimum absolute atomic E-state index is 0.0375. The van der Waals surface area contributed by atoms with Gasteiger partial charge in [0.2, 0.25) is 5.91 Å². The van der Waals surface area contributed by atoms with Crippen LogP contribution in [-0.2, 0) is 11.3 Å². The summed E-state index contributed by atoms with van der Waals surface area (Å²) in [7, 11) is 1.62. The van der Waals surface area contributed by atoms with Crippen LogP contribution in [0.3, 0.4) is 0 Å². The van der Waals surface area contributed by atoms with E-state index < -0.39 is 11.9 Å². The first-order chi connectivity index (χ1) is 12.0. The monoisotopic (exact) mass is 363 g/mol. The molecule has 0 fully saturated rings. The van der Waals surface area contributed by atoms with Crippen molar-refractivity contribution in [3.63, 3.8) is 0 Å². The Kier molecular flexibility index (Phi) is 6.81. The number of unbranched alkanes of at least 4 members (excludes halogenated alkanes) is 1. The summed E-state index contributed by atoms with van der Waals surface area (Å²) in [6.07, 6.45) is 1.98. The number of hydrogen-bond donors (Lipinski definition) is 2. The average molecular weight is 363 g/mol. The molecule has 0 aliphatic carbocycles. The summed E-state index contributed by atoms with van der Waals surface area (Å²) in [5.74, 6) is 1.07. The normalized spacial score (nSPS) is 10.5. The maximum Gasteiger partial charge on any atom is 0.318 e. The van der Waals surface area contributed by atoms with Gasteiger partial charge < -0.3 is 15.0 Å². The average Bonchev–Trinajstić information content (AvgIpc) is 3.00. The second-order valence-corrected chi connectivity index (χ2v) is 6.18. The summed E-state index contributed by atoms with van der Waals surface area (Å²) in [5, 5.41) is 11.1. The molecule has 1 aromatic heterocycles. The number of nitrogens with one attached hydrogen (secondary N) is 1. The topological polar surface area (TPSA) is 112 Å². The third-order valence-corrected chi connectivity index (χ3v) is 4.36. The molecule has 0 bridgehead atoms. The predicted molar refractivity (Wildman–Crippen MR) is 95.4 cm³/mol. The first-order valence-corrected chi connectivity index (χ1v) is 8.83. The maximum absolute atomic E-state index is 11.6. The van der Waals surface area contributed by atoms with Crippen molar-refractivity contribution in [1.82, 2.24) is 20.1 Å². The highest BCUT2D eigenvalue weighted by Crippen LogP contribution is 2.26. The van der Waals surface area contributed by atoms with E-state index in [4.69, 9.17) is 10.5 Å². The fraction of sp³-hybridized carbons (Fsp3) is 0.375. The van der Waals surface area contributed by atoms with Crippen LogP contribution in [0, 0.1) is 0 Å². The number of methoxy groups -OCH3 is 1. The van der Waals surface area contributed by atoms with E-state index in [2.05, 4.69) is 17.1 Å². The van der Waals surface area contributed by atoms with Crippen LogP contribution in [0.25, 0.3) is 11.4 Å². The molecule has 1 heterocycles. The molecule has 25 heavy (non-hydrogen) atoms. The molecule has 1 aromatic carbocycles. The molecule has 0 aliphatic rings. The van der Waals surface area contributed by atoms with Gasteiger partial charge in [0.15, 0.2) is 11.0 Å². The third kappa shape index (κ3) is 5.21. The number of nitrogens with zero attached hydrogens (tertiary/aromatic N) is 3. The Hall–Kier alpha value is -2.55. The number of ether oxygens (including phenoxy) is 1. The number of nitrogens with two attached hydrogens (primary N) is 1. The number of carbonyl (C=O) groups is 2. The molecule has 0 spiro atoms. The van der Waals surface area contributed by atoms with E-state index in [1.54, 1.807) is 7.11 Å². The molecular formula is C16H21N5O3S. The van der Waals surface area contributed by atoms with Crippen molar-refractivity contribution in [3.8, 4) is 17.1 Å². The van der Waals surface area contributed by atoms with Crippen molar-refractivity contribution in [2.75, 3.05) is 12.9 Å². The Bertz CT molecular complexity index is 730. The number of aromatic nitrogens is 3. The van der Waals surface area contributed by atoms with E-state index in [-0.39, 0.29) is 5.75 Å². The molecule has 0 aliphatic heterocycles. The van der Waals surface area contributed by atoms with E-state index in [0.717, 1.165) is 36.5 Å². The highest BCUT2D eigenvalue weighted by Gasteiger charge is 2.16. The zero-order valence-electron chi connectivity index (χ0n) is 14.2. The number of thioether (sulfide) groups is 1. The largest absolute Gasteiger partial charge is 0.497 e. The Morgan fingerprint density at radius 1 is 1.28 bits per heavy atom. The Balaban J connectivity index is 2.20. The van der Waals surface area contributed by atoms with Gasteiger partial charge in [-0.25, -0.2) is 4.79 Å². The number of amides is 3. The quantitative estimate of drug-likeness (QED) is 0.694. The van der Waals surface area contributed by atoms with Crippen LogP contribution < -0.4 is 15.8 Å². The number of carbonyl (C=O) groups excluding carboxylic acids is 2. The number of primary amides is 1. The number of urea groups is 1. The third-order valence-electron chi connectivity index (χ3n) is 3.40. The summed E-state index contributed by atoms with van der Waals surface area (Å²) in [6.45, 7) is 2.84. The molecule has 0 atom stereocenters. The van der Waals surface area contributed by atoms with Gasteiger partial charge in [-0.1, -0.05) is 25.1 Å². The van der Waals surface area contributed by atoms with E-state index in [1.807, 2.05) is 34.1 Å². The van der Waals surface area contributed by atoms with E-state index >= 15 is 0 Å². The lowest BCUT2D eigenvalue weighted by Crippen LogP contribution is -2.36. The molecule has 0 radical (unpaired) electrons. The Morgan fingerprint density at radius 3 is 2.60 bits per heavy atom. The lowest BCUT2D eigenvalue weighted by molar-refractivity contribution is -0.117. The second-order valence-electron chi connectivity index (χ2n) is 5.24. The highest BCUT2D eigenvalue weighted by atomic mass is 32.2. The number of rotatable bonds is 8. The second kappa shape index (κ2) is 9.07. The summed E-state index contributed by atoms with van der Waals surface area (Å²) < 4.78 is 7.15. The zero-order valence-corrected chi connectivity index (χ0v) is 15.0. The van der Waals surface area contributed by atoms with Crippen molar-refractivity contribution in [2.24, 2.45) is 5.73 Å². The van der Waals surface area contributed by atoms with Crippen LogP contribution >= 0.6 is 11.8 Å². The van der Waals surface area contributed by atoms with Crippen molar-refractivity contribution in [1.29, 1.82) is 0 Å². The first kappa shape index (κ1) is 18.8. The van der Waals surface area contributed by atoms with Gasteiger partial charge in [0, 0.05) is 12.1 Å². The van der Waals surface area contributed by atoms with Crippen LogP contribution in [0.1, 0.15) is 19.8 Å². The lowest BCUT2D eigenvalue weighted by atomic mass is 10.2. The van der Waals surface area contributed by atoms with Crippen LogP contribution in [0.5, 0.6) is 5.75 Å². The van der Waals surface area contributed by atoms with Gasteiger partial charge in [-0.2, -0.15) is 0 Å². The maximum atomic E-state index is 11.6. The molecule has 9 heteroatoms. The van der Waals surface area contributed by atoms with Crippen molar-refractivity contribution >= 4 is 23.7 Å². The van der Waals surface area contributed by atoms with Crippen LogP contribution in [0.2, 0.25) is 0 Å². The molecule has 2 aromatic rings. The van der Waals surface area contributed by atoms with E-state index in [9.17, 15) is 9.59 Å². The Morgan fingerprint density at radius 2 is 2.00 bits per heavy atom. The SMILES string of the molecule is CCCCn1c(SCC(=O)NC(N)=O)nnc1-c1ccc(OC)cc1. The van der Waals surface area contributed by atoms with Gasteiger partial charge in [-0.3, -0.25) is 10.1 Å². The lowest BCUT2D eigenvalue weighted by Gasteiger charge is -2.10. The standard InChI is InChI=1S/C16H21N5O3S/c1-3-4-9-21-14(11-5-7-12(24-2)8-6-11)19-20-16(21)25-10-13(22)18-15(17)23/h5-8H,3-4,9-10H2,1-2H3,(H3,17,18,22,23). The van der Waals surface area contributed by atoms with Crippen molar-refractivity contribution < 1.29 is 14.3 Å². The molecule has 3 N–H and O–H groups in total. The highest BCUT2D eigenvalue weighted by molar-refractivity contribution is 7.99. The molecule has 134 valence electrons. The molecular weight excluding hydrogens is 342 g/mol. The van der Waals surface area contributed by atoms with Gasteiger partial charge in [0.1, 0.15) is 5.75 Å².